The number of anilines is 1. The zero-order valence-corrected chi connectivity index (χ0v) is 17.1. The lowest BCUT2D eigenvalue weighted by Gasteiger charge is -2.09. The molecule has 3 rings (SSSR count). The van der Waals surface area contributed by atoms with E-state index < -0.39 is 15.8 Å². The van der Waals surface area contributed by atoms with Crippen LogP contribution < -0.4 is 15.8 Å². The number of fused-ring (bicyclic) bond motifs is 1. The average molecular weight is 437 g/mol. The van der Waals surface area contributed by atoms with Crippen LogP contribution in [0.4, 0.5) is 5.69 Å². The van der Waals surface area contributed by atoms with Gasteiger partial charge in [-0.2, -0.15) is 5.26 Å². The Labute approximate surface area is 178 Å². The van der Waals surface area contributed by atoms with Gasteiger partial charge in [-0.05, 0) is 53.3 Å². The standard InChI is InChI=1S/C21H16N4O3S2/c22-12-17(20(26)16-6-5-14-3-1-2-4-15(14)11-16)13-24-21(29)25-18-7-9-19(10-8-18)30(23,27)28/h1-11,13H,(H2,23,27,28)(H2,24,25,29)/b17-13+. The summed E-state index contributed by atoms with van der Waals surface area (Å²) in [5.74, 6) is -0.434. The number of benzene rings is 3. The summed E-state index contributed by atoms with van der Waals surface area (Å²) in [6, 6.07) is 20.3. The molecule has 9 heteroatoms. The van der Waals surface area contributed by atoms with Crippen LogP contribution in [-0.2, 0) is 10.0 Å². The van der Waals surface area contributed by atoms with Gasteiger partial charge in [0.1, 0.15) is 11.6 Å². The molecular formula is C21H16N4O3S2. The van der Waals surface area contributed by atoms with E-state index in [4.69, 9.17) is 17.4 Å². The number of sulfonamides is 1. The largest absolute Gasteiger partial charge is 0.338 e. The Kier molecular flexibility index (Phi) is 6.23. The summed E-state index contributed by atoms with van der Waals surface area (Å²) in [6.45, 7) is 0. The third-order valence-electron chi connectivity index (χ3n) is 4.17. The molecule has 0 atom stereocenters. The van der Waals surface area contributed by atoms with Crippen molar-refractivity contribution in [3.05, 3.63) is 84.1 Å². The van der Waals surface area contributed by atoms with Crippen molar-refractivity contribution < 1.29 is 13.2 Å². The first-order valence-electron chi connectivity index (χ1n) is 8.62. The fraction of sp³-hybridized carbons (Fsp3) is 0. The average Bonchev–Trinajstić information content (AvgIpc) is 2.73. The molecule has 0 heterocycles. The number of Topliss-reactive ketones (excluding diaryl/α,β-unsaturated/α-hetero) is 1. The number of nitrogens with one attached hydrogen (secondary N) is 2. The van der Waals surface area contributed by atoms with Crippen molar-refractivity contribution in [2.45, 2.75) is 4.90 Å². The Hall–Kier alpha value is -3.58. The molecule has 0 aliphatic heterocycles. The molecule has 0 aliphatic carbocycles. The zero-order valence-electron chi connectivity index (χ0n) is 15.5. The molecular weight excluding hydrogens is 420 g/mol. The predicted octanol–water partition coefficient (Wildman–Crippen LogP) is 3.06. The molecule has 0 bridgehead atoms. The first-order chi connectivity index (χ1) is 14.3. The number of rotatable bonds is 5. The van der Waals surface area contributed by atoms with Crippen LogP contribution in [0.5, 0.6) is 0 Å². The summed E-state index contributed by atoms with van der Waals surface area (Å²) >= 11 is 5.14. The van der Waals surface area contributed by atoms with E-state index in [1.807, 2.05) is 36.4 Å². The minimum absolute atomic E-state index is 0.0282. The number of hydrogen-bond donors (Lipinski definition) is 3. The van der Waals surface area contributed by atoms with E-state index in [0.29, 0.717) is 11.3 Å². The second-order valence-electron chi connectivity index (χ2n) is 6.23. The molecule has 0 unspecified atom stereocenters. The maximum absolute atomic E-state index is 12.7. The lowest BCUT2D eigenvalue weighted by atomic mass is 10.0. The molecule has 0 aromatic heterocycles. The number of nitrogens with two attached hydrogens (primary N) is 1. The molecule has 0 radical (unpaired) electrons. The van der Waals surface area contributed by atoms with Gasteiger partial charge in [0.25, 0.3) is 0 Å². The van der Waals surface area contributed by atoms with Gasteiger partial charge in [0.05, 0.1) is 4.90 Å². The number of ketones is 1. The number of nitrogens with zero attached hydrogens (tertiary/aromatic N) is 1. The molecule has 0 amide bonds. The van der Waals surface area contributed by atoms with Crippen molar-refractivity contribution in [1.29, 1.82) is 5.26 Å². The van der Waals surface area contributed by atoms with E-state index in [9.17, 15) is 18.5 Å². The molecule has 0 saturated carbocycles. The second-order valence-corrected chi connectivity index (χ2v) is 8.20. The molecule has 0 saturated heterocycles. The summed E-state index contributed by atoms with van der Waals surface area (Å²) in [5, 5.41) is 21.9. The van der Waals surface area contributed by atoms with Gasteiger partial charge >= 0.3 is 0 Å². The number of allylic oxidation sites excluding steroid dienone is 1. The van der Waals surface area contributed by atoms with Crippen LogP contribution in [0, 0.1) is 11.3 Å². The quantitative estimate of drug-likeness (QED) is 0.243. The van der Waals surface area contributed by atoms with Crippen LogP contribution >= 0.6 is 12.2 Å². The number of nitriles is 1. The Morgan fingerprint density at radius 2 is 1.70 bits per heavy atom. The van der Waals surface area contributed by atoms with Gasteiger partial charge in [0, 0.05) is 17.5 Å². The minimum atomic E-state index is -3.78. The molecule has 0 fully saturated rings. The van der Waals surface area contributed by atoms with Crippen LogP contribution in [-0.4, -0.2) is 19.3 Å². The van der Waals surface area contributed by atoms with Crippen LogP contribution in [0.3, 0.4) is 0 Å². The minimum Gasteiger partial charge on any atom is -0.338 e. The highest BCUT2D eigenvalue weighted by molar-refractivity contribution is 7.89. The number of primary sulfonamides is 1. The lowest BCUT2D eigenvalue weighted by Crippen LogP contribution is -2.24. The van der Waals surface area contributed by atoms with Crippen molar-refractivity contribution in [3.8, 4) is 6.07 Å². The first kappa shape index (κ1) is 21.1. The van der Waals surface area contributed by atoms with Crippen LogP contribution in [0.2, 0.25) is 0 Å². The van der Waals surface area contributed by atoms with Gasteiger partial charge in [0.2, 0.25) is 15.8 Å². The van der Waals surface area contributed by atoms with Gasteiger partial charge in [-0.15, -0.1) is 0 Å². The summed E-state index contributed by atoms with van der Waals surface area (Å²) in [6.07, 6.45) is 1.23. The summed E-state index contributed by atoms with van der Waals surface area (Å²) < 4.78 is 22.6. The second kappa shape index (κ2) is 8.84. The van der Waals surface area contributed by atoms with Crippen molar-refractivity contribution in [2.24, 2.45) is 5.14 Å². The highest BCUT2D eigenvalue weighted by Crippen LogP contribution is 2.18. The van der Waals surface area contributed by atoms with E-state index in [-0.39, 0.29) is 15.6 Å². The molecule has 150 valence electrons. The van der Waals surface area contributed by atoms with E-state index in [1.165, 1.54) is 30.5 Å². The number of hydrogen-bond acceptors (Lipinski definition) is 5. The molecule has 4 N–H and O–H groups in total. The highest BCUT2D eigenvalue weighted by Gasteiger charge is 2.13. The Morgan fingerprint density at radius 1 is 1.03 bits per heavy atom. The fourth-order valence-corrected chi connectivity index (χ4v) is 3.36. The SMILES string of the molecule is N#C/C(=C\NC(=S)Nc1ccc(S(N)(=O)=O)cc1)C(=O)c1ccc2ccccc2c1. The van der Waals surface area contributed by atoms with E-state index >= 15 is 0 Å². The van der Waals surface area contributed by atoms with Crippen LogP contribution in [0.1, 0.15) is 10.4 Å². The van der Waals surface area contributed by atoms with Crippen molar-refractivity contribution in [1.82, 2.24) is 5.32 Å². The highest BCUT2D eigenvalue weighted by atomic mass is 32.2. The Bertz CT molecular complexity index is 1310. The third kappa shape index (κ3) is 5.07. The molecule has 0 aliphatic rings. The van der Waals surface area contributed by atoms with Gasteiger partial charge < -0.3 is 10.6 Å². The maximum atomic E-state index is 12.7. The van der Waals surface area contributed by atoms with E-state index in [0.717, 1.165) is 10.8 Å². The number of carbonyl (C=O) groups is 1. The van der Waals surface area contributed by atoms with Crippen LogP contribution in [0.25, 0.3) is 10.8 Å². The van der Waals surface area contributed by atoms with Gasteiger partial charge in [-0.25, -0.2) is 13.6 Å². The number of carbonyl (C=O) groups excluding carboxylic acids is 1. The Balaban J connectivity index is 1.70. The molecule has 3 aromatic rings. The predicted molar refractivity (Wildman–Crippen MR) is 119 cm³/mol. The molecule has 7 nitrogen and oxygen atoms in total. The molecule has 0 spiro atoms. The third-order valence-corrected chi connectivity index (χ3v) is 5.31. The van der Waals surface area contributed by atoms with Gasteiger partial charge in [-0.3, -0.25) is 4.79 Å². The topological polar surface area (TPSA) is 125 Å². The zero-order chi connectivity index (χ0) is 21.7. The normalized spacial score (nSPS) is 11.5. The maximum Gasteiger partial charge on any atom is 0.238 e. The fourth-order valence-electron chi connectivity index (χ4n) is 2.67. The monoisotopic (exact) mass is 436 g/mol. The van der Waals surface area contributed by atoms with Crippen molar-refractivity contribution >= 4 is 49.6 Å². The first-order valence-corrected chi connectivity index (χ1v) is 10.6. The molecule has 3 aromatic carbocycles. The summed E-state index contributed by atoms with van der Waals surface area (Å²) in [7, 11) is -3.78. The molecule has 30 heavy (non-hydrogen) atoms. The summed E-state index contributed by atoms with van der Waals surface area (Å²) in [4.78, 5) is 12.6. The van der Waals surface area contributed by atoms with E-state index in [2.05, 4.69) is 10.6 Å². The van der Waals surface area contributed by atoms with Crippen molar-refractivity contribution in [2.75, 3.05) is 5.32 Å². The Morgan fingerprint density at radius 3 is 2.33 bits per heavy atom. The van der Waals surface area contributed by atoms with Gasteiger partial charge in [-0.1, -0.05) is 36.4 Å². The van der Waals surface area contributed by atoms with E-state index in [1.54, 1.807) is 12.1 Å². The smallest absolute Gasteiger partial charge is 0.238 e. The number of thiocarbonyl (C=S) groups is 1. The van der Waals surface area contributed by atoms with Crippen molar-refractivity contribution in [3.63, 3.8) is 0 Å². The summed E-state index contributed by atoms with van der Waals surface area (Å²) in [5.41, 5.74) is 0.785. The lowest BCUT2D eigenvalue weighted by molar-refractivity contribution is 0.103. The van der Waals surface area contributed by atoms with Crippen LogP contribution in [0.15, 0.2) is 83.4 Å². The van der Waals surface area contributed by atoms with Gasteiger partial charge in [0.15, 0.2) is 5.11 Å².